The first-order valence-corrected chi connectivity index (χ1v) is 5.49. The number of aromatic carboxylic acids is 1. The van der Waals surface area contributed by atoms with Crippen molar-refractivity contribution < 1.29 is 9.90 Å². The van der Waals surface area contributed by atoms with Gasteiger partial charge in [-0.2, -0.15) is 0 Å². The van der Waals surface area contributed by atoms with E-state index >= 15 is 0 Å². The van der Waals surface area contributed by atoms with Crippen LogP contribution in [0, 0.1) is 0 Å². The van der Waals surface area contributed by atoms with Crippen LogP contribution >= 0.6 is 23.2 Å². The summed E-state index contributed by atoms with van der Waals surface area (Å²) >= 11 is 11.9. The molecule has 86 valence electrons. The highest BCUT2D eigenvalue weighted by molar-refractivity contribution is 6.35. The fourth-order valence-corrected chi connectivity index (χ4v) is 1.85. The van der Waals surface area contributed by atoms with E-state index in [-0.39, 0.29) is 5.56 Å². The number of pyridine rings is 1. The van der Waals surface area contributed by atoms with Crippen LogP contribution < -0.4 is 0 Å². The van der Waals surface area contributed by atoms with Crippen LogP contribution in [0.25, 0.3) is 11.3 Å². The lowest BCUT2D eigenvalue weighted by atomic mass is 10.1. The van der Waals surface area contributed by atoms with Crippen LogP contribution in [0.2, 0.25) is 10.0 Å². The Kier molecular flexibility index (Phi) is 3.31. The molecule has 2 aromatic rings. The minimum atomic E-state index is -1.05. The number of carbonyl (C=O) groups is 1. The van der Waals surface area contributed by atoms with E-state index in [0.29, 0.717) is 21.3 Å². The molecule has 3 nitrogen and oxygen atoms in total. The van der Waals surface area contributed by atoms with Crippen molar-refractivity contribution in [2.75, 3.05) is 0 Å². The third kappa shape index (κ3) is 2.40. The van der Waals surface area contributed by atoms with Crippen molar-refractivity contribution in [1.29, 1.82) is 0 Å². The van der Waals surface area contributed by atoms with Gasteiger partial charge in [0.05, 0.1) is 16.3 Å². The van der Waals surface area contributed by atoms with Crippen molar-refractivity contribution in [3.05, 3.63) is 52.1 Å². The van der Waals surface area contributed by atoms with Crippen LogP contribution in [0.5, 0.6) is 0 Å². The number of aromatic nitrogens is 1. The quantitative estimate of drug-likeness (QED) is 0.902. The second kappa shape index (κ2) is 4.73. The highest BCUT2D eigenvalue weighted by Crippen LogP contribution is 2.31. The Morgan fingerprint density at radius 2 is 2.00 bits per heavy atom. The molecule has 0 amide bonds. The zero-order valence-corrected chi connectivity index (χ0v) is 10.0. The molecule has 1 N–H and O–H groups in total. The number of benzene rings is 1. The predicted molar refractivity (Wildman–Crippen MR) is 66.7 cm³/mol. The monoisotopic (exact) mass is 267 g/mol. The summed E-state index contributed by atoms with van der Waals surface area (Å²) in [6.07, 6.45) is 1.51. The number of rotatable bonds is 2. The summed E-state index contributed by atoms with van der Waals surface area (Å²) in [7, 11) is 0. The van der Waals surface area contributed by atoms with Gasteiger partial charge in [0.25, 0.3) is 0 Å². The predicted octanol–water partition coefficient (Wildman–Crippen LogP) is 3.75. The largest absolute Gasteiger partial charge is 0.478 e. The van der Waals surface area contributed by atoms with Gasteiger partial charge in [0.1, 0.15) is 0 Å². The number of halogens is 2. The maximum atomic E-state index is 11.1. The maximum Gasteiger partial charge on any atom is 0.337 e. The van der Waals surface area contributed by atoms with Crippen molar-refractivity contribution >= 4 is 29.2 Å². The van der Waals surface area contributed by atoms with Crippen LogP contribution in [0.1, 0.15) is 10.4 Å². The van der Waals surface area contributed by atoms with Crippen molar-refractivity contribution in [3.8, 4) is 11.3 Å². The van der Waals surface area contributed by atoms with E-state index in [2.05, 4.69) is 4.98 Å². The lowest BCUT2D eigenvalue weighted by Gasteiger charge is -2.07. The number of hydrogen-bond donors (Lipinski definition) is 1. The summed E-state index contributed by atoms with van der Waals surface area (Å²) < 4.78 is 0. The third-order valence-electron chi connectivity index (χ3n) is 2.22. The molecule has 17 heavy (non-hydrogen) atoms. The van der Waals surface area contributed by atoms with Crippen molar-refractivity contribution in [2.24, 2.45) is 0 Å². The number of carboxylic acids is 1. The number of nitrogens with zero attached hydrogens (tertiary/aromatic N) is 1. The highest BCUT2D eigenvalue weighted by Gasteiger charge is 2.15. The zero-order valence-electron chi connectivity index (χ0n) is 8.52. The van der Waals surface area contributed by atoms with E-state index in [9.17, 15) is 4.79 Å². The van der Waals surface area contributed by atoms with E-state index in [4.69, 9.17) is 28.3 Å². The molecule has 0 aliphatic carbocycles. The molecular weight excluding hydrogens is 261 g/mol. The fraction of sp³-hybridized carbons (Fsp3) is 0. The van der Waals surface area contributed by atoms with Crippen LogP contribution in [0.4, 0.5) is 0 Å². The van der Waals surface area contributed by atoms with Gasteiger partial charge in [-0.3, -0.25) is 4.98 Å². The van der Waals surface area contributed by atoms with Crippen molar-refractivity contribution in [3.63, 3.8) is 0 Å². The summed E-state index contributed by atoms with van der Waals surface area (Å²) in [5.41, 5.74) is 0.918. The summed E-state index contributed by atoms with van der Waals surface area (Å²) in [6, 6.07) is 7.88. The van der Waals surface area contributed by atoms with Crippen LogP contribution in [-0.2, 0) is 0 Å². The van der Waals surface area contributed by atoms with E-state index in [1.54, 1.807) is 24.3 Å². The molecule has 0 spiro atoms. The molecule has 1 aromatic carbocycles. The fourth-order valence-electron chi connectivity index (χ4n) is 1.47. The van der Waals surface area contributed by atoms with Gasteiger partial charge in [0, 0.05) is 16.8 Å². The Bertz CT molecular complexity index is 584. The first kappa shape index (κ1) is 11.9. The third-order valence-corrected chi connectivity index (χ3v) is 2.79. The summed E-state index contributed by atoms with van der Waals surface area (Å²) in [5.74, 6) is -1.05. The molecule has 1 heterocycles. The Labute approximate surface area is 108 Å². The van der Waals surface area contributed by atoms with Gasteiger partial charge in [0.15, 0.2) is 0 Å². The molecule has 0 aliphatic rings. The Morgan fingerprint density at radius 1 is 1.24 bits per heavy atom. The SMILES string of the molecule is O=C(O)c1cccnc1-c1cc(Cl)ccc1Cl. The van der Waals surface area contributed by atoms with Gasteiger partial charge in [0.2, 0.25) is 0 Å². The van der Waals surface area contributed by atoms with Gasteiger partial charge in [-0.1, -0.05) is 23.2 Å². The molecular formula is C12H7Cl2NO2. The van der Waals surface area contributed by atoms with Crippen molar-refractivity contribution in [2.45, 2.75) is 0 Å². The molecule has 0 atom stereocenters. The van der Waals surface area contributed by atoms with E-state index < -0.39 is 5.97 Å². The van der Waals surface area contributed by atoms with Crippen LogP contribution in [-0.4, -0.2) is 16.1 Å². The van der Waals surface area contributed by atoms with Gasteiger partial charge in [-0.05, 0) is 30.3 Å². The highest BCUT2D eigenvalue weighted by atomic mass is 35.5. The van der Waals surface area contributed by atoms with Crippen LogP contribution in [0.15, 0.2) is 36.5 Å². The van der Waals surface area contributed by atoms with Gasteiger partial charge < -0.3 is 5.11 Å². The topological polar surface area (TPSA) is 50.2 Å². The van der Waals surface area contributed by atoms with E-state index in [1.165, 1.54) is 12.3 Å². The molecule has 1 aromatic heterocycles. The molecule has 0 saturated heterocycles. The van der Waals surface area contributed by atoms with E-state index in [0.717, 1.165) is 0 Å². The Hall–Kier alpha value is -1.58. The van der Waals surface area contributed by atoms with Crippen LogP contribution in [0.3, 0.4) is 0 Å². The second-order valence-electron chi connectivity index (χ2n) is 3.33. The Morgan fingerprint density at radius 3 is 2.71 bits per heavy atom. The summed E-state index contributed by atoms with van der Waals surface area (Å²) in [4.78, 5) is 15.1. The molecule has 5 heteroatoms. The zero-order chi connectivity index (χ0) is 12.4. The molecule has 0 fully saturated rings. The number of carboxylic acid groups (broad SMARTS) is 1. The summed E-state index contributed by atoms with van der Waals surface area (Å²) in [5, 5.41) is 9.96. The second-order valence-corrected chi connectivity index (χ2v) is 4.17. The first-order valence-electron chi connectivity index (χ1n) is 4.73. The number of hydrogen-bond acceptors (Lipinski definition) is 2. The molecule has 0 aliphatic heterocycles. The first-order chi connectivity index (χ1) is 8.09. The van der Waals surface area contributed by atoms with E-state index in [1.807, 2.05) is 0 Å². The minimum Gasteiger partial charge on any atom is -0.478 e. The average Bonchev–Trinajstić information content (AvgIpc) is 2.32. The molecule has 0 unspecified atom stereocenters. The molecule has 0 saturated carbocycles. The lowest BCUT2D eigenvalue weighted by molar-refractivity contribution is 0.0697. The lowest BCUT2D eigenvalue weighted by Crippen LogP contribution is -2.01. The van der Waals surface area contributed by atoms with Gasteiger partial charge in [-0.25, -0.2) is 4.79 Å². The molecule has 2 rings (SSSR count). The van der Waals surface area contributed by atoms with Crippen molar-refractivity contribution in [1.82, 2.24) is 4.98 Å². The standard InChI is InChI=1S/C12H7Cl2NO2/c13-7-3-4-10(14)9(6-7)11-8(12(16)17)2-1-5-15-11/h1-6H,(H,16,17). The minimum absolute atomic E-state index is 0.0941. The average molecular weight is 268 g/mol. The molecule has 0 bridgehead atoms. The molecule has 0 radical (unpaired) electrons. The normalized spacial score (nSPS) is 10.2. The Balaban J connectivity index is 2.68. The summed E-state index contributed by atoms with van der Waals surface area (Å²) in [6.45, 7) is 0. The maximum absolute atomic E-state index is 11.1. The smallest absolute Gasteiger partial charge is 0.337 e. The van der Waals surface area contributed by atoms with Gasteiger partial charge in [-0.15, -0.1) is 0 Å². The van der Waals surface area contributed by atoms with Gasteiger partial charge >= 0.3 is 5.97 Å².